The average molecular weight is 332 g/mol. The van der Waals surface area contributed by atoms with E-state index in [9.17, 15) is 18.0 Å². The summed E-state index contributed by atoms with van der Waals surface area (Å²) in [5.74, 6) is 0. The highest BCUT2D eigenvalue weighted by molar-refractivity contribution is 5.73. The van der Waals surface area contributed by atoms with Crippen LogP contribution in [0, 0.1) is 5.41 Å². The normalized spacial score (nSPS) is 12.1. The third-order valence-corrected chi connectivity index (χ3v) is 3.48. The first-order valence-electron chi connectivity index (χ1n) is 7.43. The van der Waals surface area contributed by atoms with E-state index in [1.54, 1.807) is 0 Å². The molecule has 2 amide bonds. The van der Waals surface area contributed by atoms with Gasteiger partial charge in [0.05, 0.1) is 5.56 Å². The fraction of sp³-hybridized carbons (Fsp3) is 0.562. The molecule has 7 heteroatoms. The summed E-state index contributed by atoms with van der Waals surface area (Å²) >= 11 is 0. The maximum Gasteiger partial charge on any atom is 0.416 e. The minimum absolute atomic E-state index is 0.0904. The molecule has 0 saturated carbocycles. The highest BCUT2D eigenvalue weighted by Crippen LogP contribution is 2.29. The Kier molecular flexibility index (Phi) is 6.87. The van der Waals surface area contributed by atoms with Gasteiger partial charge in [0.2, 0.25) is 0 Å². The molecule has 0 aliphatic carbocycles. The molecule has 1 aromatic carbocycles. The predicted molar refractivity (Wildman–Crippen MR) is 81.8 cm³/mol. The second-order valence-electron chi connectivity index (χ2n) is 6.23. The van der Waals surface area contributed by atoms with Gasteiger partial charge in [-0.05, 0) is 36.0 Å². The van der Waals surface area contributed by atoms with E-state index in [1.807, 2.05) is 13.8 Å². The maximum absolute atomic E-state index is 12.4. The van der Waals surface area contributed by atoms with Gasteiger partial charge in [0.1, 0.15) is 0 Å². The number of nitrogens with one attached hydrogen (secondary N) is 2. The minimum Gasteiger partial charge on any atom is -0.396 e. The highest BCUT2D eigenvalue weighted by atomic mass is 19.4. The number of benzene rings is 1. The Balaban J connectivity index is 2.28. The Morgan fingerprint density at radius 1 is 1.13 bits per heavy atom. The maximum atomic E-state index is 12.4. The lowest BCUT2D eigenvalue weighted by atomic mass is 9.89. The first-order chi connectivity index (χ1) is 10.6. The molecule has 3 N–H and O–H groups in total. The lowest BCUT2D eigenvalue weighted by molar-refractivity contribution is -0.137. The number of aliphatic hydroxyl groups excluding tert-OH is 1. The number of amides is 2. The quantitative estimate of drug-likeness (QED) is 0.671. The van der Waals surface area contributed by atoms with Gasteiger partial charge in [0.25, 0.3) is 0 Å². The van der Waals surface area contributed by atoms with E-state index in [2.05, 4.69) is 10.6 Å². The summed E-state index contributed by atoms with van der Waals surface area (Å²) in [6.45, 7) is 4.61. The van der Waals surface area contributed by atoms with Crippen molar-refractivity contribution < 1.29 is 23.1 Å². The van der Waals surface area contributed by atoms with Crippen LogP contribution in [-0.2, 0) is 12.7 Å². The molecule has 130 valence electrons. The summed E-state index contributed by atoms with van der Waals surface area (Å²) in [5, 5.41) is 14.4. The molecular weight excluding hydrogens is 309 g/mol. The van der Waals surface area contributed by atoms with Crippen LogP contribution in [0.25, 0.3) is 0 Å². The van der Waals surface area contributed by atoms with Gasteiger partial charge in [-0.15, -0.1) is 0 Å². The minimum atomic E-state index is -4.36. The van der Waals surface area contributed by atoms with Crippen LogP contribution in [0.3, 0.4) is 0 Å². The SMILES string of the molecule is CC(C)(CO)CCCNC(=O)NCc1ccc(C(F)(F)F)cc1. The van der Waals surface area contributed by atoms with Gasteiger partial charge in [-0.25, -0.2) is 4.79 Å². The molecule has 0 aromatic heterocycles. The molecule has 1 aromatic rings. The molecule has 1 rings (SSSR count). The predicted octanol–water partition coefficient (Wildman–Crippen LogP) is 3.30. The summed E-state index contributed by atoms with van der Waals surface area (Å²) in [6.07, 6.45) is -2.84. The third-order valence-electron chi connectivity index (χ3n) is 3.48. The molecule has 0 saturated heterocycles. The highest BCUT2D eigenvalue weighted by Gasteiger charge is 2.29. The summed E-state index contributed by atoms with van der Waals surface area (Å²) in [4.78, 5) is 11.6. The van der Waals surface area contributed by atoms with Crippen molar-refractivity contribution >= 4 is 6.03 Å². The molecule has 0 aliphatic heterocycles. The van der Waals surface area contributed by atoms with Crippen LogP contribution < -0.4 is 10.6 Å². The number of rotatable bonds is 7. The van der Waals surface area contributed by atoms with Crippen molar-refractivity contribution in [3.63, 3.8) is 0 Å². The standard InChI is InChI=1S/C16H23F3N2O2/c1-15(2,11-22)8-3-9-20-14(23)21-10-12-4-6-13(7-5-12)16(17,18)19/h4-7,22H,3,8-11H2,1-2H3,(H2,20,21,23). The van der Waals surface area contributed by atoms with E-state index < -0.39 is 11.7 Å². The summed E-state index contributed by atoms with van der Waals surface area (Å²) < 4.78 is 37.3. The number of hydrogen-bond acceptors (Lipinski definition) is 2. The first-order valence-corrected chi connectivity index (χ1v) is 7.43. The van der Waals surface area contributed by atoms with E-state index in [4.69, 9.17) is 5.11 Å². The molecule has 0 heterocycles. The van der Waals surface area contributed by atoms with E-state index in [0.717, 1.165) is 25.0 Å². The first kappa shape index (κ1) is 19.3. The zero-order valence-corrected chi connectivity index (χ0v) is 13.3. The molecule has 0 atom stereocenters. The second-order valence-corrected chi connectivity index (χ2v) is 6.23. The fourth-order valence-corrected chi connectivity index (χ4v) is 1.90. The van der Waals surface area contributed by atoms with Gasteiger partial charge in [-0.3, -0.25) is 0 Å². The number of alkyl halides is 3. The van der Waals surface area contributed by atoms with Crippen molar-refractivity contribution in [2.45, 2.75) is 39.4 Å². The third kappa shape index (κ3) is 7.36. The Hall–Kier alpha value is -1.76. The zero-order chi connectivity index (χ0) is 17.5. The van der Waals surface area contributed by atoms with Crippen molar-refractivity contribution in [3.8, 4) is 0 Å². The second kappa shape index (κ2) is 8.19. The number of hydrogen-bond donors (Lipinski definition) is 3. The summed E-state index contributed by atoms with van der Waals surface area (Å²) in [6, 6.07) is 4.30. The number of halogens is 3. The van der Waals surface area contributed by atoms with Crippen LogP contribution in [0.2, 0.25) is 0 Å². The number of carbonyl (C=O) groups excluding carboxylic acids is 1. The van der Waals surface area contributed by atoms with Gasteiger partial charge in [-0.1, -0.05) is 26.0 Å². The smallest absolute Gasteiger partial charge is 0.396 e. The number of urea groups is 1. The van der Waals surface area contributed by atoms with Crippen molar-refractivity contribution in [3.05, 3.63) is 35.4 Å². The van der Waals surface area contributed by atoms with Gasteiger partial charge < -0.3 is 15.7 Å². The van der Waals surface area contributed by atoms with Crippen molar-refractivity contribution in [2.75, 3.05) is 13.2 Å². The summed E-state index contributed by atoms with van der Waals surface area (Å²) in [5.41, 5.74) is -0.287. The van der Waals surface area contributed by atoms with Crippen molar-refractivity contribution in [1.29, 1.82) is 0 Å². The Bertz CT molecular complexity index is 499. The number of aliphatic hydroxyl groups is 1. The average Bonchev–Trinajstić information content (AvgIpc) is 2.49. The van der Waals surface area contributed by atoms with Crippen LogP contribution in [-0.4, -0.2) is 24.3 Å². The lowest BCUT2D eigenvalue weighted by Gasteiger charge is -2.21. The fourth-order valence-electron chi connectivity index (χ4n) is 1.90. The molecule has 23 heavy (non-hydrogen) atoms. The molecule has 4 nitrogen and oxygen atoms in total. The summed E-state index contributed by atoms with van der Waals surface area (Å²) in [7, 11) is 0. The van der Waals surface area contributed by atoms with E-state index >= 15 is 0 Å². The largest absolute Gasteiger partial charge is 0.416 e. The monoisotopic (exact) mass is 332 g/mol. The van der Waals surface area contributed by atoms with E-state index in [-0.39, 0.29) is 24.6 Å². The van der Waals surface area contributed by atoms with Crippen molar-refractivity contribution in [1.82, 2.24) is 10.6 Å². The topological polar surface area (TPSA) is 61.4 Å². The van der Waals surface area contributed by atoms with E-state index in [1.165, 1.54) is 12.1 Å². The number of carbonyl (C=O) groups is 1. The van der Waals surface area contributed by atoms with Gasteiger partial charge in [0.15, 0.2) is 0 Å². The van der Waals surface area contributed by atoms with Crippen LogP contribution in [0.15, 0.2) is 24.3 Å². The Morgan fingerprint density at radius 2 is 1.74 bits per heavy atom. The lowest BCUT2D eigenvalue weighted by Crippen LogP contribution is -2.36. The molecule has 0 unspecified atom stereocenters. The van der Waals surface area contributed by atoms with Crippen LogP contribution in [0.4, 0.5) is 18.0 Å². The Morgan fingerprint density at radius 3 is 2.26 bits per heavy atom. The van der Waals surface area contributed by atoms with Crippen LogP contribution in [0.1, 0.15) is 37.8 Å². The molecule has 0 spiro atoms. The van der Waals surface area contributed by atoms with Crippen LogP contribution in [0.5, 0.6) is 0 Å². The van der Waals surface area contributed by atoms with Crippen molar-refractivity contribution in [2.24, 2.45) is 5.41 Å². The zero-order valence-electron chi connectivity index (χ0n) is 13.3. The van der Waals surface area contributed by atoms with Gasteiger partial charge >= 0.3 is 12.2 Å². The molecule has 0 fully saturated rings. The van der Waals surface area contributed by atoms with Crippen LogP contribution >= 0.6 is 0 Å². The molecule has 0 radical (unpaired) electrons. The van der Waals surface area contributed by atoms with Gasteiger partial charge in [0, 0.05) is 19.7 Å². The molecule has 0 aliphatic rings. The van der Waals surface area contributed by atoms with Gasteiger partial charge in [-0.2, -0.15) is 13.2 Å². The molecular formula is C16H23F3N2O2. The molecule has 0 bridgehead atoms. The van der Waals surface area contributed by atoms with E-state index in [0.29, 0.717) is 12.1 Å². The Labute approximate surface area is 134 Å².